The van der Waals surface area contributed by atoms with Gasteiger partial charge >= 0.3 is 0 Å². The minimum absolute atomic E-state index is 0.264. The molecule has 0 aliphatic carbocycles. The Bertz CT molecular complexity index is 193. The van der Waals surface area contributed by atoms with Gasteiger partial charge in [-0.3, -0.25) is 4.84 Å². The summed E-state index contributed by atoms with van der Waals surface area (Å²) < 4.78 is 0. The van der Waals surface area contributed by atoms with Crippen molar-refractivity contribution in [3.63, 3.8) is 0 Å². The standard InChI is InChI=1S/C8H9NO/c1-7-2-4-8(5-3-7)6-10-9/h2-5H,6H2,1H3. The number of hydrogen-bond acceptors (Lipinski definition) is 1. The van der Waals surface area contributed by atoms with Gasteiger partial charge in [0.1, 0.15) is 0 Å². The first-order valence-electron chi connectivity index (χ1n) is 3.15. The molecule has 0 aliphatic heterocycles. The second kappa shape index (κ2) is 3.34. The summed E-state index contributed by atoms with van der Waals surface area (Å²) in [6.07, 6.45) is 0. The zero-order chi connectivity index (χ0) is 7.40. The van der Waals surface area contributed by atoms with E-state index >= 15 is 0 Å². The average Bonchev–Trinajstić information content (AvgIpc) is 1.95. The first-order valence-corrected chi connectivity index (χ1v) is 3.15. The van der Waals surface area contributed by atoms with E-state index in [4.69, 9.17) is 5.90 Å². The third-order valence-corrected chi connectivity index (χ3v) is 1.35. The van der Waals surface area contributed by atoms with Gasteiger partial charge in [0.25, 0.3) is 0 Å². The van der Waals surface area contributed by atoms with Crippen molar-refractivity contribution in [1.29, 1.82) is 0 Å². The van der Waals surface area contributed by atoms with Crippen molar-refractivity contribution in [2.24, 2.45) is 0 Å². The van der Waals surface area contributed by atoms with E-state index in [0.29, 0.717) is 0 Å². The number of benzene rings is 1. The average molecular weight is 135 g/mol. The molecule has 0 unspecified atom stereocenters. The molecule has 0 aliphatic rings. The summed E-state index contributed by atoms with van der Waals surface area (Å²) in [7, 11) is 0. The third kappa shape index (κ3) is 1.83. The Hall–Kier alpha value is -0.860. The summed E-state index contributed by atoms with van der Waals surface area (Å²) in [5.41, 5.74) is 2.19. The van der Waals surface area contributed by atoms with Crippen LogP contribution in [0.2, 0.25) is 0 Å². The summed E-state index contributed by atoms with van der Waals surface area (Å²) in [5, 5.41) is 0. The van der Waals surface area contributed by atoms with E-state index in [1.165, 1.54) is 5.56 Å². The Morgan fingerprint density at radius 1 is 1.30 bits per heavy atom. The van der Waals surface area contributed by atoms with Crippen LogP contribution in [-0.4, -0.2) is 0 Å². The van der Waals surface area contributed by atoms with Crippen molar-refractivity contribution in [1.82, 2.24) is 5.90 Å². The van der Waals surface area contributed by atoms with Crippen molar-refractivity contribution >= 4 is 0 Å². The highest BCUT2D eigenvalue weighted by molar-refractivity contribution is 5.20. The van der Waals surface area contributed by atoms with Crippen LogP contribution in [0.1, 0.15) is 11.1 Å². The summed E-state index contributed by atoms with van der Waals surface area (Å²) in [5.74, 6) is 8.09. The lowest BCUT2D eigenvalue weighted by molar-refractivity contribution is 0.104. The molecule has 10 heavy (non-hydrogen) atoms. The van der Waals surface area contributed by atoms with Gasteiger partial charge in [-0.2, -0.15) is 0 Å². The van der Waals surface area contributed by atoms with E-state index in [2.05, 4.69) is 4.84 Å². The largest absolute Gasteiger partial charge is 0.259 e. The van der Waals surface area contributed by atoms with Crippen LogP contribution < -0.4 is 5.90 Å². The number of nitrogens with zero attached hydrogens (tertiary/aromatic N) is 1. The van der Waals surface area contributed by atoms with E-state index in [1.54, 1.807) is 0 Å². The van der Waals surface area contributed by atoms with Crippen LogP contribution in [0.25, 0.3) is 0 Å². The Morgan fingerprint density at radius 2 is 1.90 bits per heavy atom. The van der Waals surface area contributed by atoms with Crippen LogP contribution in [-0.2, 0) is 11.4 Å². The van der Waals surface area contributed by atoms with Crippen molar-refractivity contribution < 1.29 is 4.84 Å². The molecule has 2 nitrogen and oxygen atoms in total. The molecule has 0 spiro atoms. The zero-order valence-electron chi connectivity index (χ0n) is 5.87. The summed E-state index contributed by atoms with van der Waals surface area (Å²) in [4.78, 5) is 3.97. The molecule has 0 saturated heterocycles. The van der Waals surface area contributed by atoms with E-state index < -0.39 is 0 Å². The number of hydrogen-bond donors (Lipinski definition) is 0. The molecule has 1 aromatic carbocycles. The molecular formula is C8H9NO. The fraction of sp³-hybridized carbons (Fsp3) is 0.250. The molecule has 0 atom stereocenters. The monoisotopic (exact) mass is 135 g/mol. The lowest BCUT2D eigenvalue weighted by atomic mass is 10.2. The Morgan fingerprint density at radius 3 is 2.40 bits per heavy atom. The first-order chi connectivity index (χ1) is 4.83. The highest BCUT2D eigenvalue weighted by Crippen LogP contribution is 2.02. The van der Waals surface area contributed by atoms with E-state index in [0.717, 1.165) is 5.56 Å². The maximum absolute atomic E-state index is 8.09. The van der Waals surface area contributed by atoms with E-state index in [9.17, 15) is 0 Å². The highest BCUT2D eigenvalue weighted by Gasteiger charge is 1.89. The topological polar surface area (TPSA) is 31.5 Å². The maximum atomic E-state index is 8.09. The van der Waals surface area contributed by atoms with Crippen molar-refractivity contribution in [3.8, 4) is 0 Å². The van der Waals surface area contributed by atoms with Gasteiger partial charge in [-0.05, 0) is 12.5 Å². The highest BCUT2D eigenvalue weighted by atomic mass is 16.6. The lowest BCUT2D eigenvalue weighted by Crippen LogP contribution is -1.88. The normalized spacial score (nSPS) is 9.80. The Balaban J connectivity index is 2.69. The maximum Gasteiger partial charge on any atom is 0.0970 e. The lowest BCUT2D eigenvalue weighted by Gasteiger charge is -1.96. The summed E-state index contributed by atoms with van der Waals surface area (Å²) in [6, 6.07) is 7.81. The van der Waals surface area contributed by atoms with Crippen LogP contribution in [0.3, 0.4) is 0 Å². The molecule has 0 saturated carbocycles. The molecule has 0 N–H and O–H groups in total. The first kappa shape index (κ1) is 7.25. The molecule has 0 amide bonds. The fourth-order valence-electron chi connectivity index (χ4n) is 0.759. The van der Waals surface area contributed by atoms with Crippen molar-refractivity contribution in [3.05, 3.63) is 35.4 Å². The molecule has 2 heteroatoms. The SMILES string of the molecule is Cc1ccc(CO[N])cc1. The molecule has 1 aromatic rings. The number of rotatable bonds is 2. The smallest absolute Gasteiger partial charge is 0.0970 e. The summed E-state index contributed by atoms with van der Waals surface area (Å²) >= 11 is 0. The van der Waals surface area contributed by atoms with Crippen LogP contribution in [0.5, 0.6) is 0 Å². The molecular weight excluding hydrogens is 126 g/mol. The van der Waals surface area contributed by atoms with Crippen LogP contribution in [0.15, 0.2) is 24.3 Å². The van der Waals surface area contributed by atoms with Crippen molar-refractivity contribution in [2.45, 2.75) is 13.5 Å². The number of aryl methyl sites for hydroxylation is 1. The molecule has 0 fully saturated rings. The van der Waals surface area contributed by atoms with Crippen molar-refractivity contribution in [2.75, 3.05) is 0 Å². The van der Waals surface area contributed by atoms with Crippen LogP contribution >= 0.6 is 0 Å². The second-order valence-corrected chi connectivity index (χ2v) is 2.26. The molecule has 0 bridgehead atoms. The van der Waals surface area contributed by atoms with Gasteiger partial charge in [-0.25, -0.2) is 0 Å². The second-order valence-electron chi connectivity index (χ2n) is 2.26. The minimum Gasteiger partial charge on any atom is -0.259 e. The Kier molecular flexibility index (Phi) is 2.42. The van der Waals surface area contributed by atoms with Gasteiger partial charge in [-0.15, -0.1) is 0 Å². The minimum atomic E-state index is 0.264. The Labute approximate surface area is 60.6 Å². The summed E-state index contributed by atoms with van der Waals surface area (Å²) in [6.45, 7) is 2.28. The quantitative estimate of drug-likeness (QED) is 0.565. The zero-order valence-corrected chi connectivity index (χ0v) is 5.87. The predicted molar refractivity (Wildman–Crippen MR) is 38.1 cm³/mol. The van der Waals surface area contributed by atoms with Crippen LogP contribution in [0, 0.1) is 6.92 Å². The van der Waals surface area contributed by atoms with Gasteiger partial charge < -0.3 is 0 Å². The van der Waals surface area contributed by atoms with Gasteiger partial charge in [0.15, 0.2) is 0 Å². The predicted octanol–water partition coefficient (Wildman–Crippen LogP) is 1.50. The molecule has 52 valence electrons. The van der Waals surface area contributed by atoms with Crippen LogP contribution in [0.4, 0.5) is 0 Å². The van der Waals surface area contributed by atoms with Gasteiger partial charge in [0.2, 0.25) is 0 Å². The van der Waals surface area contributed by atoms with E-state index in [1.807, 2.05) is 31.2 Å². The molecule has 2 radical (unpaired) electrons. The van der Waals surface area contributed by atoms with Gasteiger partial charge in [0.05, 0.1) is 6.61 Å². The molecule has 0 aromatic heterocycles. The van der Waals surface area contributed by atoms with Gasteiger partial charge in [0, 0.05) is 5.90 Å². The van der Waals surface area contributed by atoms with E-state index in [-0.39, 0.29) is 6.61 Å². The fourth-order valence-corrected chi connectivity index (χ4v) is 0.759. The van der Waals surface area contributed by atoms with Gasteiger partial charge in [-0.1, -0.05) is 29.8 Å². The third-order valence-electron chi connectivity index (χ3n) is 1.35. The molecule has 1 rings (SSSR count). The molecule has 0 heterocycles.